The molecular formula is C18H32N2O3. The number of imide groups is 2. The van der Waals surface area contributed by atoms with Gasteiger partial charge in [-0.25, -0.2) is 4.79 Å². The molecule has 2 N–H and O–H groups in total. The fourth-order valence-electron chi connectivity index (χ4n) is 3.20. The minimum Gasteiger partial charge on any atom is -0.277 e. The molecule has 23 heavy (non-hydrogen) atoms. The third-order valence-electron chi connectivity index (χ3n) is 4.74. The van der Waals surface area contributed by atoms with E-state index in [0.29, 0.717) is 12.8 Å². The van der Waals surface area contributed by atoms with E-state index in [1.807, 2.05) is 6.92 Å². The van der Waals surface area contributed by atoms with Gasteiger partial charge in [0.15, 0.2) is 0 Å². The lowest BCUT2D eigenvalue weighted by Crippen LogP contribution is -2.62. The van der Waals surface area contributed by atoms with E-state index in [4.69, 9.17) is 0 Å². The molecule has 0 atom stereocenters. The Morgan fingerprint density at radius 3 is 1.61 bits per heavy atom. The summed E-state index contributed by atoms with van der Waals surface area (Å²) >= 11 is 0. The van der Waals surface area contributed by atoms with E-state index >= 15 is 0 Å². The molecule has 0 aromatic heterocycles. The summed E-state index contributed by atoms with van der Waals surface area (Å²) in [7, 11) is 0. The quantitative estimate of drug-likeness (QED) is 0.420. The molecule has 1 saturated heterocycles. The highest BCUT2D eigenvalue weighted by atomic mass is 16.2. The highest BCUT2D eigenvalue weighted by molar-refractivity contribution is 6.19. The van der Waals surface area contributed by atoms with E-state index < -0.39 is 23.3 Å². The van der Waals surface area contributed by atoms with Crippen LogP contribution in [0.3, 0.4) is 0 Å². The second kappa shape index (κ2) is 10.4. The fourth-order valence-corrected chi connectivity index (χ4v) is 3.20. The first-order valence-corrected chi connectivity index (χ1v) is 9.23. The summed E-state index contributed by atoms with van der Waals surface area (Å²) in [6.45, 7) is 4.24. The molecule has 0 aromatic rings. The van der Waals surface area contributed by atoms with Gasteiger partial charge < -0.3 is 0 Å². The molecule has 0 aromatic carbocycles. The number of barbiturate groups is 1. The van der Waals surface area contributed by atoms with Gasteiger partial charge in [0.1, 0.15) is 5.41 Å². The minimum absolute atomic E-state index is 0.414. The minimum atomic E-state index is -1.05. The Morgan fingerprint density at radius 1 is 0.652 bits per heavy atom. The van der Waals surface area contributed by atoms with E-state index in [0.717, 1.165) is 32.1 Å². The first-order valence-electron chi connectivity index (χ1n) is 9.23. The molecule has 5 nitrogen and oxygen atoms in total. The third kappa shape index (κ3) is 5.96. The number of carbonyl (C=O) groups excluding carboxylic acids is 3. The molecule has 0 saturated carbocycles. The molecule has 4 amide bonds. The Bertz CT molecular complexity index is 387. The van der Waals surface area contributed by atoms with Crippen LogP contribution in [0.4, 0.5) is 4.79 Å². The maximum atomic E-state index is 12.3. The number of nitrogens with one attached hydrogen (secondary N) is 2. The Kier molecular flexibility index (Phi) is 8.89. The second-order valence-electron chi connectivity index (χ2n) is 6.65. The van der Waals surface area contributed by atoms with E-state index in [2.05, 4.69) is 17.6 Å². The molecular weight excluding hydrogens is 292 g/mol. The van der Waals surface area contributed by atoms with Crippen molar-refractivity contribution in [1.82, 2.24) is 10.6 Å². The topological polar surface area (TPSA) is 75.3 Å². The number of urea groups is 1. The summed E-state index contributed by atoms with van der Waals surface area (Å²) in [5.41, 5.74) is -1.05. The van der Waals surface area contributed by atoms with E-state index in [1.54, 1.807) is 0 Å². The monoisotopic (exact) mass is 324 g/mol. The zero-order chi connectivity index (χ0) is 17.1. The molecule has 5 heteroatoms. The Balaban J connectivity index is 2.44. The number of carbonyl (C=O) groups is 3. The van der Waals surface area contributed by atoms with Gasteiger partial charge in [-0.2, -0.15) is 0 Å². The summed E-state index contributed by atoms with van der Waals surface area (Å²) in [5.74, 6) is -0.828. The van der Waals surface area contributed by atoms with Gasteiger partial charge in [0.25, 0.3) is 0 Å². The van der Waals surface area contributed by atoms with Crippen molar-refractivity contribution in [3.8, 4) is 0 Å². The summed E-state index contributed by atoms with van der Waals surface area (Å²) in [6.07, 6.45) is 12.2. The maximum Gasteiger partial charge on any atom is 0.328 e. The molecule has 132 valence electrons. The van der Waals surface area contributed by atoms with Crippen LogP contribution < -0.4 is 10.6 Å². The number of hydrogen-bond donors (Lipinski definition) is 2. The summed E-state index contributed by atoms with van der Waals surface area (Å²) in [5, 5.41) is 4.55. The van der Waals surface area contributed by atoms with Gasteiger partial charge in [0.2, 0.25) is 11.8 Å². The van der Waals surface area contributed by atoms with Crippen molar-refractivity contribution in [2.24, 2.45) is 5.41 Å². The standard InChI is InChI=1S/C18H32N2O3/c1-3-5-7-8-9-10-11-12-14-18(13-6-4-2)15(21)19-17(23)20-16(18)22/h3-14H2,1-2H3,(H2,19,20,21,22,23). The first-order chi connectivity index (χ1) is 11.1. The molecule has 1 fully saturated rings. The number of unbranched alkanes of at least 4 members (excludes halogenated alkanes) is 8. The van der Waals surface area contributed by atoms with Gasteiger partial charge in [-0.3, -0.25) is 20.2 Å². The van der Waals surface area contributed by atoms with Crippen LogP contribution in [0.15, 0.2) is 0 Å². The average Bonchev–Trinajstić information content (AvgIpc) is 2.51. The molecule has 1 rings (SSSR count). The van der Waals surface area contributed by atoms with Crippen molar-refractivity contribution in [3.63, 3.8) is 0 Å². The predicted octanol–water partition coefficient (Wildman–Crippen LogP) is 4.06. The summed E-state index contributed by atoms with van der Waals surface area (Å²) < 4.78 is 0. The van der Waals surface area contributed by atoms with Crippen LogP contribution in [0.2, 0.25) is 0 Å². The molecule has 0 spiro atoms. The smallest absolute Gasteiger partial charge is 0.277 e. The largest absolute Gasteiger partial charge is 0.328 e. The molecule has 1 aliphatic heterocycles. The zero-order valence-corrected chi connectivity index (χ0v) is 14.7. The average molecular weight is 324 g/mol. The molecule has 1 heterocycles. The molecule has 0 unspecified atom stereocenters. The number of rotatable bonds is 12. The highest BCUT2D eigenvalue weighted by Gasteiger charge is 2.48. The van der Waals surface area contributed by atoms with E-state index in [-0.39, 0.29) is 0 Å². The van der Waals surface area contributed by atoms with E-state index in [1.165, 1.54) is 32.1 Å². The van der Waals surface area contributed by atoms with Crippen molar-refractivity contribution >= 4 is 17.8 Å². The van der Waals surface area contributed by atoms with Crippen molar-refractivity contribution in [1.29, 1.82) is 0 Å². The van der Waals surface area contributed by atoms with Crippen LogP contribution in [0.25, 0.3) is 0 Å². The molecule has 0 aliphatic carbocycles. The number of amides is 4. The lowest BCUT2D eigenvalue weighted by Gasteiger charge is -2.34. The van der Waals surface area contributed by atoms with Crippen LogP contribution in [-0.4, -0.2) is 17.8 Å². The van der Waals surface area contributed by atoms with Crippen LogP contribution in [0.1, 0.15) is 90.9 Å². The third-order valence-corrected chi connectivity index (χ3v) is 4.74. The lowest BCUT2D eigenvalue weighted by molar-refractivity contribution is -0.145. The summed E-state index contributed by atoms with van der Waals surface area (Å²) in [4.78, 5) is 35.9. The van der Waals surface area contributed by atoms with Crippen molar-refractivity contribution in [3.05, 3.63) is 0 Å². The summed E-state index contributed by atoms with van der Waals surface area (Å²) in [6, 6.07) is -0.692. The van der Waals surface area contributed by atoms with Crippen LogP contribution in [-0.2, 0) is 9.59 Å². The first kappa shape index (κ1) is 19.7. The highest BCUT2D eigenvalue weighted by Crippen LogP contribution is 2.34. The van der Waals surface area contributed by atoms with E-state index in [9.17, 15) is 14.4 Å². The van der Waals surface area contributed by atoms with Crippen molar-refractivity contribution < 1.29 is 14.4 Å². The normalized spacial score (nSPS) is 17.0. The number of hydrogen-bond acceptors (Lipinski definition) is 3. The van der Waals surface area contributed by atoms with Gasteiger partial charge in [0.05, 0.1) is 0 Å². The van der Waals surface area contributed by atoms with Gasteiger partial charge in [-0.1, -0.05) is 78.1 Å². The Hall–Kier alpha value is -1.39. The van der Waals surface area contributed by atoms with Crippen LogP contribution in [0, 0.1) is 5.41 Å². The van der Waals surface area contributed by atoms with Crippen LogP contribution in [0.5, 0.6) is 0 Å². The molecule has 0 bridgehead atoms. The van der Waals surface area contributed by atoms with Crippen molar-refractivity contribution in [2.45, 2.75) is 90.9 Å². The van der Waals surface area contributed by atoms with Crippen LogP contribution >= 0.6 is 0 Å². The Labute approximate surface area is 140 Å². The lowest BCUT2D eigenvalue weighted by atomic mass is 9.75. The molecule has 1 aliphatic rings. The predicted molar refractivity (Wildman–Crippen MR) is 90.9 cm³/mol. The Morgan fingerprint density at radius 2 is 1.09 bits per heavy atom. The maximum absolute atomic E-state index is 12.3. The fraction of sp³-hybridized carbons (Fsp3) is 0.833. The zero-order valence-electron chi connectivity index (χ0n) is 14.7. The van der Waals surface area contributed by atoms with Gasteiger partial charge in [-0.05, 0) is 12.8 Å². The van der Waals surface area contributed by atoms with Crippen molar-refractivity contribution in [2.75, 3.05) is 0 Å². The van der Waals surface area contributed by atoms with Gasteiger partial charge >= 0.3 is 6.03 Å². The second-order valence-corrected chi connectivity index (χ2v) is 6.65. The SMILES string of the molecule is CCCCCCCCCCC1(CCCC)C(=O)NC(=O)NC1=O. The molecule has 0 radical (unpaired) electrons. The van der Waals surface area contributed by atoms with Gasteiger partial charge in [0, 0.05) is 0 Å². The van der Waals surface area contributed by atoms with Gasteiger partial charge in [-0.15, -0.1) is 0 Å².